The molecular weight excluding hydrogens is 258 g/mol. The summed E-state index contributed by atoms with van der Waals surface area (Å²) in [4.78, 5) is 16.5. The number of thiophene rings is 1. The summed E-state index contributed by atoms with van der Waals surface area (Å²) >= 11 is 1.46. The van der Waals surface area contributed by atoms with Crippen LogP contribution in [0.1, 0.15) is 25.1 Å². The summed E-state index contributed by atoms with van der Waals surface area (Å²) in [6, 6.07) is 2.03. The monoisotopic (exact) mass is 275 g/mol. The van der Waals surface area contributed by atoms with E-state index in [1.54, 1.807) is 6.08 Å². The number of pyridine rings is 1. The van der Waals surface area contributed by atoms with Gasteiger partial charge in [-0.05, 0) is 45.4 Å². The minimum absolute atomic E-state index is 0.00815. The highest BCUT2D eigenvalue weighted by atomic mass is 32.1. The minimum Gasteiger partial charge on any atom is -0.389 e. The van der Waals surface area contributed by atoms with Crippen LogP contribution in [0.4, 0.5) is 10.7 Å². The molecule has 2 aromatic rings. The maximum absolute atomic E-state index is 11.1. The van der Waals surface area contributed by atoms with Gasteiger partial charge in [0.2, 0.25) is 0 Å². The van der Waals surface area contributed by atoms with E-state index < -0.39 is 0 Å². The van der Waals surface area contributed by atoms with Crippen molar-refractivity contribution in [2.75, 3.05) is 11.1 Å². The van der Waals surface area contributed by atoms with Gasteiger partial charge in [-0.25, -0.2) is 4.98 Å². The van der Waals surface area contributed by atoms with Crippen LogP contribution in [-0.4, -0.2) is 10.8 Å². The van der Waals surface area contributed by atoms with E-state index in [1.165, 1.54) is 18.3 Å². The van der Waals surface area contributed by atoms with Gasteiger partial charge < -0.3 is 11.1 Å². The molecule has 5 heteroatoms. The number of carbonyl (C=O) groups is 1. The quantitative estimate of drug-likeness (QED) is 0.842. The molecule has 4 nitrogen and oxygen atoms in total. The van der Waals surface area contributed by atoms with Gasteiger partial charge in [-0.3, -0.25) is 4.79 Å². The number of fused-ring (bicyclic) bond motifs is 1. The van der Waals surface area contributed by atoms with Crippen LogP contribution in [0, 0.1) is 13.8 Å². The number of rotatable bonds is 3. The van der Waals surface area contributed by atoms with Gasteiger partial charge in [-0.1, -0.05) is 11.3 Å². The van der Waals surface area contributed by atoms with Gasteiger partial charge in [-0.15, -0.1) is 0 Å². The Morgan fingerprint density at radius 1 is 1.42 bits per heavy atom. The summed E-state index contributed by atoms with van der Waals surface area (Å²) in [6.07, 6.45) is 1.56. The van der Waals surface area contributed by atoms with E-state index >= 15 is 0 Å². The summed E-state index contributed by atoms with van der Waals surface area (Å²) < 4.78 is 0. The molecule has 2 rings (SSSR count). The van der Waals surface area contributed by atoms with E-state index in [0.717, 1.165) is 32.9 Å². The van der Waals surface area contributed by atoms with Gasteiger partial charge in [0.05, 0.1) is 5.69 Å². The average Bonchev–Trinajstić information content (AvgIpc) is 2.53. The number of hydrogen-bond donors (Lipinski definition) is 2. The highest BCUT2D eigenvalue weighted by molar-refractivity contribution is 7.23. The van der Waals surface area contributed by atoms with Crippen LogP contribution in [0.5, 0.6) is 0 Å². The lowest BCUT2D eigenvalue weighted by molar-refractivity contribution is -0.112. The number of nitrogens with one attached hydrogen (secondary N) is 1. The third kappa shape index (κ3) is 2.76. The van der Waals surface area contributed by atoms with E-state index in [2.05, 4.69) is 10.3 Å². The molecule has 2 aromatic heterocycles. The zero-order valence-electron chi connectivity index (χ0n) is 11.5. The Morgan fingerprint density at radius 3 is 2.74 bits per heavy atom. The fourth-order valence-corrected chi connectivity index (χ4v) is 3.14. The maximum atomic E-state index is 11.1. The van der Waals surface area contributed by atoms with Gasteiger partial charge in [0.15, 0.2) is 5.78 Å². The van der Waals surface area contributed by atoms with Crippen molar-refractivity contribution >= 4 is 38.0 Å². The molecule has 3 N–H and O–H groups in total. The van der Waals surface area contributed by atoms with Gasteiger partial charge in [0.1, 0.15) is 9.83 Å². The first-order valence-electron chi connectivity index (χ1n) is 6.00. The lowest BCUT2D eigenvalue weighted by Crippen LogP contribution is -2.00. The largest absolute Gasteiger partial charge is 0.389 e. The van der Waals surface area contributed by atoms with Crippen LogP contribution in [0.25, 0.3) is 10.2 Å². The molecule has 0 aliphatic rings. The number of aryl methyl sites for hydroxylation is 2. The Hall–Kier alpha value is -1.88. The number of aromatic nitrogens is 1. The zero-order chi connectivity index (χ0) is 14.2. The Morgan fingerprint density at radius 2 is 2.11 bits per heavy atom. The predicted octanol–water partition coefficient (Wildman–Crippen LogP) is 3.40. The lowest BCUT2D eigenvalue weighted by atomic mass is 10.1. The van der Waals surface area contributed by atoms with Crippen molar-refractivity contribution in [3.05, 3.63) is 29.1 Å². The van der Waals surface area contributed by atoms with Crippen molar-refractivity contribution in [1.29, 1.82) is 0 Å². The highest BCUT2D eigenvalue weighted by Crippen LogP contribution is 2.39. The van der Waals surface area contributed by atoms with Gasteiger partial charge >= 0.3 is 0 Å². The Kier molecular flexibility index (Phi) is 3.57. The molecule has 0 fully saturated rings. The summed E-state index contributed by atoms with van der Waals surface area (Å²) in [6.45, 7) is 7.38. The molecule has 0 aromatic carbocycles. The molecule has 0 aliphatic carbocycles. The molecule has 100 valence electrons. The molecule has 19 heavy (non-hydrogen) atoms. The van der Waals surface area contributed by atoms with E-state index in [-0.39, 0.29) is 5.78 Å². The molecule has 0 spiro atoms. The lowest BCUT2D eigenvalue weighted by Gasteiger charge is -2.08. The van der Waals surface area contributed by atoms with Crippen molar-refractivity contribution in [2.24, 2.45) is 0 Å². The topological polar surface area (TPSA) is 68.0 Å². The van der Waals surface area contributed by atoms with E-state index in [0.29, 0.717) is 5.00 Å². The first-order chi connectivity index (χ1) is 8.88. The van der Waals surface area contributed by atoms with E-state index in [4.69, 9.17) is 5.73 Å². The fourth-order valence-electron chi connectivity index (χ4n) is 2.12. The number of ketones is 1. The maximum Gasteiger partial charge on any atom is 0.154 e. The van der Waals surface area contributed by atoms with E-state index in [9.17, 15) is 4.79 Å². The van der Waals surface area contributed by atoms with Crippen LogP contribution in [0.15, 0.2) is 17.8 Å². The second-order valence-corrected chi connectivity index (χ2v) is 5.70. The summed E-state index contributed by atoms with van der Waals surface area (Å²) in [7, 11) is 0. The zero-order valence-corrected chi connectivity index (χ0v) is 12.3. The summed E-state index contributed by atoms with van der Waals surface area (Å²) in [5, 5.41) is 4.93. The number of anilines is 2. The number of nitrogens with two attached hydrogens (primary N) is 1. The van der Waals surface area contributed by atoms with Crippen LogP contribution in [0.3, 0.4) is 0 Å². The molecule has 0 unspecified atom stereocenters. The summed E-state index contributed by atoms with van der Waals surface area (Å²) in [5.74, 6) is 0.00815. The molecule has 0 amide bonds. The predicted molar refractivity (Wildman–Crippen MR) is 81.6 cm³/mol. The molecule has 0 aliphatic heterocycles. The molecule has 0 saturated carbocycles. The van der Waals surface area contributed by atoms with Crippen molar-refractivity contribution < 1.29 is 4.79 Å². The van der Waals surface area contributed by atoms with Gasteiger partial charge in [-0.2, -0.15) is 0 Å². The fraction of sp³-hybridized carbons (Fsp3) is 0.286. The van der Waals surface area contributed by atoms with Crippen molar-refractivity contribution in [3.8, 4) is 0 Å². The normalized spacial score (nSPS) is 11.9. The first kappa shape index (κ1) is 13.5. The van der Waals surface area contributed by atoms with E-state index in [1.807, 2.05) is 26.8 Å². The average molecular weight is 275 g/mol. The summed E-state index contributed by atoms with van der Waals surface area (Å²) in [5.41, 5.74) is 9.79. The third-order valence-corrected chi connectivity index (χ3v) is 3.67. The standard InChI is InChI=1S/C14H17N3OS/c1-7-5-8(2)17-14-11(7)12(13(15)19-14)16-9(3)6-10(4)18/h5-6,16H,15H2,1-4H3/b9-6+. The number of hydrogen-bond acceptors (Lipinski definition) is 5. The number of carbonyl (C=O) groups excluding carboxylic acids is 1. The smallest absolute Gasteiger partial charge is 0.154 e. The number of nitrogens with zero attached hydrogens (tertiary/aromatic N) is 1. The van der Waals surface area contributed by atoms with Crippen molar-refractivity contribution in [3.63, 3.8) is 0 Å². The van der Waals surface area contributed by atoms with Crippen LogP contribution in [0.2, 0.25) is 0 Å². The third-order valence-electron chi connectivity index (χ3n) is 2.76. The molecule has 0 atom stereocenters. The SMILES string of the molecule is CC(=O)/C=C(\C)Nc1c(N)sc2nc(C)cc(C)c12. The Balaban J connectivity index is 2.55. The van der Waals surface area contributed by atoms with Crippen LogP contribution < -0.4 is 11.1 Å². The highest BCUT2D eigenvalue weighted by Gasteiger charge is 2.14. The molecule has 0 saturated heterocycles. The van der Waals surface area contributed by atoms with Crippen molar-refractivity contribution in [2.45, 2.75) is 27.7 Å². The van der Waals surface area contributed by atoms with Crippen LogP contribution >= 0.6 is 11.3 Å². The molecule has 2 heterocycles. The molecule has 0 bridgehead atoms. The number of allylic oxidation sites excluding steroid dienone is 2. The van der Waals surface area contributed by atoms with Gasteiger partial charge in [0.25, 0.3) is 0 Å². The van der Waals surface area contributed by atoms with Gasteiger partial charge in [0, 0.05) is 16.8 Å². The second kappa shape index (κ2) is 5.01. The van der Waals surface area contributed by atoms with Crippen LogP contribution in [-0.2, 0) is 4.79 Å². The number of nitrogen functional groups attached to an aromatic ring is 1. The second-order valence-electron chi connectivity index (χ2n) is 4.67. The first-order valence-corrected chi connectivity index (χ1v) is 6.82. The Bertz CT molecular complexity index is 686. The minimum atomic E-state index is 0.00815. The Labute approximate surface area is 116 Å². The van der Waals surface area contributed by atoms with Crippen molar-refractivity contribution in [1.82, 2.24) is 4.98 Å². The molecular formula is C14H17N3OS. The molecule has 0 radical (unpaired) electrons.